The Balaban J connectivity index is 1.50. The average molecular weight is 524 g/mol. The third-order valence-corrected chi connectivity index (χ3v) is 5.80. The lowest BCUT2D eigenvalue weighted by atomic mass is 10.1. The van der Waals surface area contributed by atoms with Gasteiger partial charge >= 0.3 is 5.97 Å². The Kier molecular flexibility index (Phi) is 7.78. The van der Waals surface area contributed by atoms with Crippen LogP contribution in [0.2, 0.25) is 5.02 Å². The molecule has 0 saturated heterocycles. The number of aromatic carboxylic acids is 1. The van der Waals surface area contributed by atoms with Gasteiger partial charge in [-0.15, -0.1) is 16.4 Å². The first-order valence-corrected chi connectivity index (χ1v) is 11.7. The molecule has 2 heterocycles. The van der Waals surface area contributed by atoms with Crippen LogP contribution in [0.4, 0.5) is 5.69 Å². The molecule has 0 aliphatic carbocycles. The van der Waals surface area contributed by atoms with Gasteiger partial charge in [-0.1, -0.05) is 11.6 Å². The van der Waals surface area contributed by atoms with Crippen LogP contribution < -0.4 is 10.6 Å². The zero-order chi connectivity index (χ0) is 25.5. The predicted octanol–water partition coefficient (Wildman–Crippen LogP) is 2.85. The average Bonchev–Trinajstić information content (AvgIpc) is 3.57. The fourth-order valence-electron chi connectivity index (χ4n) is 3.21. The third-order valence-electron chi connectivity index (χ3n) is 4.93. The summed E-state index contributed by atoms with van der Waals surface area (Å²) in [6, 6.07) is 9.80. The van der Waals surface area contributed by atoms with E-state index in [4.69, 9.17) is 16.7 Å². The van der Waals surface area contributed by atoms with Crippen LogP contribution in [-0.4, -0.2) is 54.1 Å². The van der Waals surface area contributed by atoms with Crippen molar-refractivity contribution >= 4 is 52.5 Å². The fraction of sp³-hybridized carbons (Fsp3) is 0.0870. The lowest BCUT2D eigenvalue weighted by Crippen LogP contribution is -2.44. The number of amides is 2. The number of halogens is 1. The van der Waals surface area contributed by atoms with E-state index in [1.807, 2.05) is 0 Å². The van der Waals surface area contributed by atoms with Gasteiger partial charge in [-0.05, 0) is 59.0 Å². The minimum absolute atomic E-state index is 0.0903. The molecule has 2 aromatic carbocycles. The monoisotopic (exact) mass is 523 g/mol. The fourth-order valence-corrected chi connectivity index (χ4v) is 3.96. The maximum atomic E-state index is 13.0. The number of thiazole rings is 1. The van der Waals surface area contributed by atoms with Crippen molar-refractivity contribution in [1.82, 2.24) is 30.5 Å². The van der Waals surface area contributed by atoms with Crippen LogP contribution in [0.25, 0.3) is 11.8 Å². The predicted molar refractivity (Wildman–Crippen MR) is 133 cm³/mol. The Morgan fingerprint density at radius 1 is 1.17 bits per heavy atom. The van der Waals surface area contributed by atoms with Crippen molar-refractivity contribution in [2.75, 3.05) is 5.32 Å². The first-order valence-electron chi connectivity index (χ1n) is 10.4. The van der Waals surface area contributed by atoms with Crippen molar-refractivity contribution in [1.29, 1.82) is 0 Å². The molecule has 0 fully saturated rings. The lowest BCUT2D eigenvalue weighted by molar-refractivity contribution is -0.123. The smallest absolute Gasteiger partial charge is 0.335 e. The van der Waals surface area contributed by atoms with E-state index in [1.165, 1.54) is 52.7 Å². The van der Waals surface area contributed by atoms with Gasteiger partial charge < -0.3 is 15.7 Å². The number of carbonyl (C=O) groups is 3. The van der Waals surface area contributed by atoms with E-state index in [9.17, 15) is 14.4 Å². The second-order valence-corrected chi connectivity index (χ2v) is 8.56. The van der Waals surface area contributed by atoms with Crippen LogP contribution in [0.3, 0.4) is 0 Å². The highest BCUT2D eigenvalue weighted by Crippen LogP contribution is 2.20. The van der Waals surface area contributed by atoms with Crippen LogP contribution in [0, 0.1) is 0 Å². The number of tetrazole rings is 1. The molecule has 2 amide bonds. The Morgan fingerprint density at radius 2 is 1.97 bits per heavy atom. The number of carboxylic acids is 1. The number of anilines is 1. The van der Waals surface area contributed by atoms with Crippen LogP contribution in [0.1, 0.15) is 21.6 Å². The summed E-state index contributed by atoms with van der Waals surface area (Å²) in [4.78, 5) is 41.0. The number of nitrogens with zero attached hydrogens (tertiary/aromatic N) is 5. The van der Waals surface area contributed by atoms with Crippen molar-refractivity contribution in [3.05, 3.63) is 87.6 Å². The molecule has 4 rings (SSSR count). The molecule has 1 atom stereocenters. The Labute approximate surface area is 213 Å². The van der Waals surface area contributed by atoms with Gasteiger partial charge in [0.25, 0.3) is 0 Å². The maximum absolute atomic E-state index is 13.0. The molecule has 11 nitrogen and oxygen atoms in total. The molecule has 0 saturated carbocycles. The van der Waals surface area contributed by atoms with Gasteiger partial charge in [-0.2, -0.15) is 4.68 Å². The number of carboxylic acid groups (broad SMARTS) is 1. The minimum Gasteiger partial charge on any atom is -0.478 e. The second kappa shape index (κ2) is 11.3. The number of nitrogens with one attached hydrogen (secondary N) is 2. The molecule has 3 N–H and O–H groups in total. The molecule has 0 aliphatic rings. The molecule has 0 spiro atoms. The molecule has 0 unspecified atom stereocenters. The van der Waals surface area contributed by atoms with E-state index in [2.05, 4.69) is 31.1 Å². The summed E-state index contributed by atoms with van der Waals surface area (Å²) in [6.45, 7) is 0. The highest BCUT2D eigenvalue weighted by atomic mass is 35.5. The van der Waals surface area contributed by atoms with Gasteiger partial charge in [-0.25, -0.2) is 9.78 Å². The Morgan fingerprint density at radius 3 is 2.64 bits per heavy atom. The highest BCUT2D eigenvalue weighted by molar-refractivity contribution is 7.07. The highest BCUT2D eigenvalue weighted by Gasteiger charge is 2.22. The number of hydrogen-bond donors (Lipinski definition) is 3. The molecular weight excluding hydrogens is 506 g/mol. The van der Waals surface area contributed by atoms with Crippen molar-refractivity contribution < 1.29 is 19.5 Å². The second-order valence-electron chi connectivity index (χ2n) is 7.41. The number of carbonyl (C=O) groups excluding carboxylic acids is 2. The van der Waals surface area contributed by atoms with Crippen molar-refractivity contribution in [3.63, 3.8) is 0 Å². The SMILES string of the molecule is O=C(C=Cc1cc(Cl)ccc1-n1cnnn1)N[C@@H](Cc1cscn1)C(=O)Nc1ccc(C(=O)O)cc1. The largest absolute Gasteiger partial charge is 0.478 e. The van der Waals surface area contributed by atoms with Crippen LogP contribution in [-0.2, 0) is 16.0 Å². The molecule has 0 aliphatic heterocycles. The molecule has 0 radical (unpaired) electrons. The first kappa shape index (κ1) is 24.7. The summed E-state index contributed by atoms with van der Waals surface area (Å²) in [5.74, 6) is -2.07. The van der Waals surface area contributed by atoms with E-state index in [1.54, 1.807) is 35.2 Å². The number of rotatable bonds is 9. The van der Waals surface area contributed by atoms with Crippen molar-refractivity contribution in [3.8, 4) is 5.69 Å². The lowest BCUT2D eigenvalue weighted by Gasteiger charge is -2.17. The van der Waals surface area contributed by atoms with E-state index >= 15 is 0 Å². The van der Waals surface area contributed by atoms with Crippen LogP contribution in [0.15, 0.2) is 65.8 Å². The van der Waals surface area contributed by atoms with E-state index in [-0.39, 0.29) is 12.0 Å². The summed E-state index contributed by atoms with van der Waals surface area (Å²) < 4.78 is 1.43. The van der Waals surface area contributed by atoms with Gasteiger partial charge in [0, 0.05) is 34.2 Å². The quantitative estimate of drug-likeness (QED) is 0.283. The third kappa shape index (κ3) is 6.37. The molecule has 13 heteroatoms. The van der Waals surface area contributed by atoms with Crippen LogP contribution >= 0.6 is 22.9 Å². The van der Waals surface area contributed by atoms with Gasteiger partial charge in [0.15, 0.2) is 0 Å². The number of benzene rings is 2. The van der Waals surface area contributed by atoms with Crippen LogP contribution in [0.5, 0.6) is 0 Å². The molecule has 2 aromatic heterocycles. The number of aromatic nitrogens is 5. The molecular formula is C23H18ClN7O4S. The molecule has 182 valence electrons. The van der Waals surface area contributed by atoms with E-state index in [0.29, 0.717) is 27.7 Å². The van der Waals surface area contributed by atoms with Gasteiger partial charge in [0.2, 0.25) is 11.8 Å². The zero-order valence-electron chi connectivity index (χ0n) is 18.4. The van der Waals surface area contributed by atoms with Gasteiger partial charge in [0.05, 0.1) is 22.5 Å². The topological polar surface area (TPSA) is 152 Å². The van der Waals surface area contributed by atoms with Gasteiger partial charge in [-0.3, -0.25) is 9.59 Å². The minimum atomic E-state index is -1.07. The molecule has 4 aromatic rings. The van der Waals surface area contributed by atoms with E-state index < -0.39 is 23.8 Å². The van der Waals surface area contributed by atoms with E-state index in [0.717, 1.165) is 0 Å². The Bertz CT molecular complexity index is 1390. The maximum Gasteiger partial charge on any atom is 0.335 e. The summed E-state index contributed by atoms with van der Waals surface area (Å²) in [7, 11) is 0. The Hall–Kier alpha value is -4.42. The zero-order valence-corrected chi connectivity index (χ0v) is 20.0. The standard InChI is InChI=1S/C23H18ClN7O4S/c24-16-4-7-20(31-12-26-29-30-31)15(9-16)3-8-21(32)28-19(10-18-11-36-13-25-18)22(33)27-17-5-1-14(2-6-17)23(34)35/h1-9,11-13,19H,10H2,(H,27,33)(H,28,32)(H,34,35)/t19-/m0/s1. The summed E-state index contributed by atoms with van der Waals surface area (Å²) >= 11 is 7.49. The van der Waals surface area contributed by atoms with Crippen molar-refractivity contribution in [2.45, 2.75) is 12.5 Å². The van der Waals surface area contributed by atoms with Gasteiger partial charge in [0.1, 0.15) is 12.4 Å². The first-order chi connectivity index (χ1) is 17.4. The summed E-state index contributed by atoms with van der Waals surface area (Å²) in [5.41, 5.74) is 3.95. The summed E-state index contributed by atoms with van der Waals surface area (Å²) in [6.07, 6.45) is 4.40. The molecule has 36 heavy (non-hydrogen) atoms. The normalized spacial score (nSPS) is 11.8. The number of hydrogen-bond acceptors (Lipinski definition) is 8. The molecule has 0 bridgehead atoms. The van der Waals surface area contributed by atoms with Crippen molar-refractivity contribution in [2.24, 2.45) is 0 Å². The summed E-state index contributed by atoms with van der Waals surface area (Å²) in [5, 5.41) is 27.8.